The van der Waals surface area contributed by atoms with Crippen LogP contribution in [0.5, 0.6) is 5.75 Å². The Morgan fingerprint density at radius 1 is 1.35 bits per heavy atom. The van der Waals surface area contributed by atoms with Gasteiger partial charge in [-0.15, -0.1) is 0 Å². The van der Waals surface area contributed by atoms with Gasteiger partial charge in [0.2, 0.25) is 0 Å². The predicted octanol–water partition coefficient (Wildman–Crippen LogP) is 2.49. The zero-order valence-corrected chi connectivity index (χ0v) is 10.5. The second-order valence-electron chi connectivity index (χ2n) is 4.38. The summed E-state index contributed by atoms with van der Waals surface area (Å²) in [5.74, 6) is 0.945. The third-order valence-electron chi connectivity index (χ3n) is 3.31. The SMILES string of the molecule is CCc1ccc(C(=O)N2CCCC2)cc1OC. The van der Waals surface area contributed by atoms with Crippen molar-refractivity contribution in [2.75, 3.05) is 20.2 Å². The van der Waals surface area contributed by atoms with E-state index in [2.05, 4.69) is 6.92 Å². The van der Waals surface area contributed by atoms with Crippen LogP contribution in [-0.2, 0) is 6.42 Å². The highest BCUT2D eigenvalue weighted by Gasteiger charge is 2.20. The molecule has 0 atom stereocenters. The quantitative estimate of drug-likeness (QED) is 0.802. The Kier molecular flexibility index (Phi) is 3.67. The van der Waals surface area contributed by atoms with Gasteiger partial charge in [-0.25, -0.2) is 0 Å². The van der Waals surface area contributed by atoms with E-state index in [0.29, 0.717) is 0 Å². The standard InChI is InChI=1S/C14H19NO2/c1-3-11-6-7-12(10-13(11)17-2)14(16)15-8-4-5-9-15/h6-7,10H,3-5,8-9H2,1-2H3. The molecule has 1 aliphatic heterocycles. The summed E-state index contributed by atoms with van der Waals surface area (Å²) in [7, 11) is 1.65. The van der Waals surface area contributed by atoms with Crippen molar-refractivity contribution >= 4 is 5.91 Å². The molecule has 0 aliphatic carbocycles. The second kappa shape index (κ2) is 5.21. The minimum atomic E-state index is 0.128. The number of ether oxygens (including phenoxy) is 1. The van der Waals surface area contributed by atoms with Crippen molar-refractivity contribution in [2.24, 2.45) is 0 Å². The van der Waals surface area contributed by atoms with E-state index in [1.54, 1.807) is 7.11 Å². The maximum absolute atomic E-state index is 12.2. The van der Waals surface area contributed by atoms with Crippen LogP contribution in [0, 0.1) is 0 Å². The van der Waals surface area contributed by atoms with E-state index in [0.717, 1.165) is 49.2 Å². The Balaban J connectivity index is 2.23. The van der Waals surface area contributed by atoms with Gasteiger partial charge >= 0.3 is 0 Å². The van der Waals surface area contributed by atoms with Crippen LogP contribution in [0.2, 0.25) is 0 Å². The Morgan fingerprint density at radius 3 is 2.65 bits per heavy atom. The van der Waals surface area contributed by atoms with Crippen LogP contribution in [0.3, 0.4) is 0 Å². The maximum Gasteiger partial charge on any atom is 0.253 e. The summed E-state index contributed by atoms with van der Waals surface area (Å²) in [6.07, 6.45) is 3.16. The van der Waals surface area contributed by atoms with E-state index >= 15 is 0 Å². The molecule has 1 aliphatic rings. The molecule has 1 aromatic rings. The van der Waals surface area contributed by atoms with Crippen LogP contribution in [0.4, 0.5) is 0 Å². The van der Waals surface area contributed by atoms with Crippen LogP contribution in [0.1, 0.15) is 35.7 Å². The lowest BCUT2D eigenvalue weighted by Crippen LogP contribution is -2.27. The molecule has 1 fully saturated rings. The number of methoxy groups -OCH3 is 1. The average molecular weight is 233 g/mol. The van der Waals surface area contributed by atoms with Crippen molar-refractivity contribution in [1.29, 1.82) is 0 Å². The fraction of sp³-hybridized carbons (Fsp3) is 0.500. The van der Waals surface area contributed by atoms with E-state index in [4.69, 9.17) is 4.74 Å². The summed E-state index contributed by atoms with van der Waals surface area (Å²) in [5, 5.41) is 0. The molecule has 2 rings (SSSR count). The fourth-order valence-corrected chi connectivity index (χ4v) is 2.27. The van der Waals surface area contributed by atoms with E-state index in [1.807, 2.05) is 23.1 Å². The molecule has 3 heteroatoms. The highest BCUT2D eigenvalue weighted by molar-refractivity contribution is 5.94. The van der Waals surface area contributed by atoms with Crippen LogP contribution in [-0.4, -0.2) is 31.0 Å². The number of amides is 1. The molecule has 3 nitrogen and oxygen atoms in total. The van der Waals surface area contributed by atoms with Crippen molar-refractivity contribution in [2.45, 2.75) is 26.2 Å². The van der Waals surface area contributed by atoms with Gasteiger partial charge in [0.15, 0.2) is 0 Å². The van der Waals surface area contributed by atoms with Crippen LogP contribution >= 0.6 is 0 Å². The molecule has 17 heavy (non-hydrogen) atoms. The average Bonchev–Trinajstić information content (AvgIpc) is 2.90. The number of aryl methyl sites for hydroxylation is 1. The third-order valence-corrected chi connectivity index (χ3v) is 3.31. The number of hydrogen-bond donors (Lipinski definition) is 0. The lowest BCUT2D eigenvalue weighted by Gasteiger charge is -2.16. The molecule has 1 amide bonds. The van der Waals surface area contributed by atoms with Gasteiger partial charge in [0, 0.05) is 18.7 Å². The molecule has 0 aromatic heterocycles. The summed E-state index contributed by atoms with van der Waals surface area (Å²) >= 11 is 0. The number of benzene rings is 1. The second-order valence-corrected chi connectivity index (χ2v) is 4.38. The van der Waals surface area contributed by atoms with Crippen molar-refractivity contribution in [3.63, 3.8) is 0 Å². The Hall–Kier alpha value is -1.51. The number of likely N-dealkylation sites (tertiary alicyclic amines) is 1. The minimum absolute atomic E-state index is 0.128. The zero-order valence-electron chi connectivity index (χ0n) is 10.5. The Labute approximate surface area is 102 Å². The lowest BCUT2D eigenvalue weighted by molar-refractivity contribution is 0.0792. The zero-order chi connectivity index (χ0) is 12.3. The highest BCUT2D eigenvalue weighted by Crippen LogP contribution is 2.22. The van der Waals surface area contributed by atoms with Gasteiger partial charge in [0.1, 0.15) is 5.75 Å². The predicted molar refractivity (Wildman–Crippen MR) is 67.5 cm³/mol. The van der Waals surface area contributed by atoms with Crippen LogP contribution < -0.4 is 4.74 Å². The molecule has 0 spiro atoms. The Morgan fingerprint density at radius 2 is 2.06 bits per heavy atom. The topological polar surface area (TPSA) is 29.5 Å². The summed E-state index contributed by atoms with van der Waals surface area (Å²) in [6.45, 7) is 3.85. The van der Waals surface area contributed by atoms with Gasteiger partial charge in [-0.2, -0.15) is 0 Å². The minimum Gasteiger partial charge on any atom is -0.496 e. The van der Waals surface area contributed by atoms with Gasteiger partial charge in [-0.05, 0) is 37.0 Å². The first-order chi connectivity index (χ1) is 8.26. The van der Waals surface area contributed by atoms with Crippen molar-refractivity contribution in [3.05, 3.63) is 29.3 Å². The first kappa shape index (κ1) is 12.0. The summed E-state index contributed by atoms with van der Waals surface area (Å²) in [4.78, 5) is 14.1. The Bertz CT molecular complexity index is 409. The van der Waals surface area contributed by atoms with Crippen molar-refractivity contribution < 1.29 is 9.53 Å². The summed E-state index contributed by atoms with van der Waals surface area (Å²) in [5.41, 5.74) is 1.88. The molecule has 0 radical (unpaired) electrons. The van der Waals surface area contributed by atoms with E-state index in [9.17, 15) is 4.79 Å². The number of carbonyl (C=O) groups is 1. The van der Waals surface area contributed by atoms with E-state index in [1.165, 1.54) is 0 Å². The van der Waals surface area contributed by atoms with Gasteiger partial charge < -0.3 is 9.64 Å². The first-order valence-corrected chi connectivity index (χ1v) is 6.22. The molecular formula is C14H19NO2. The molecule has 1 heterocycles. The van der Waals surface area contributed by atoms with Gasteiger partial charge in [0.05, 0.1) is 7.11 Å². The van der Waals surface area contributed by atoms with Crippen molar-refractivity contribution in [1.82, 2.24) is 4.90 Å². The summed E-state index contributed by atoms with van der Waals surface area (Å²) in [6, 6.07) is 5.75. The maximum atomic E-state index is 12.2. The van der Waals surface area contributed by atoms with Gasteiger partial charge in [0.25, 0.3) is 5.91 Å². The van der Waals surface area contributed by atoms with Crippen LogP contribution in [0.15, 0.2) is 18.2 Å². The number of carbonyl (C=O) groups excluding carboxylic acids is 1. The normalized spacial score (nSPS) is 15.1. The number of rotatable bonds is 3. The monoisotopic (exact) mass is 233 g/mol. The smallest absolute Gasteiger partial charge is 0.253 e. The van der Waals surface area contributed by atoms with Gasteiger partial charge in [-0.3, -0.25) is 4.79 Å². The molecule has 1 saturated heterocycles. The number of hydrogen-bond acceptors (Lipinski definition) is 2. The lowest BCUT2D eigenvalue weighted by atomic mass is 10.1. The summed E-state index contributed by atoms with van der Waals surface area (Å²) < 4.78 is 5.32. The molecule has 0 bridgehead atoms. The van der Waals surface area contributed by atoms with Crippen molar-refractivity contribution in [3.8, 4) is 5.75 Å². The first-order valence-electron chi connectivity index (χ1n) is 6.22. The van der Waals surface area contributed by atoms with E-state index in [-0.39, 0.29) is 5.91 Å². The third kappa shape index (κ3) is 2.43. The molecule has 92 valence electrons. The molecule has 0 N–H and O–H groups in total. The van der Waals surface area contributed by atoms with Crippen LogP contribution in [0.25, 0.3) is 0 Å². The molecule has 0 unspecified atom stereocenters. The molecular weight excluding hydrogens is 214 g/mol. The van der Waals surface area contributed by atoms with Gasteiger partial charge in [-0.1, -0.05) is 13.0 Å². The molecule has 0 saturated carbocycles. The number of nitrogens with zero attached hydrogens (tertiary/aromatic N) is 1. The fourth-order valence-electron chi connectivity index (χ4n) is 2.27. The highest BCUT2D eigenvalue weighted by atomic mass is 16.5. The molecule has 1 aromatic carbocycles. The largest absolute Gasteiger partial charge is 0.496 e. The van der Waals surface area contributed by atoms with E-state index < -0.39 is 0 Å².